The summed E-state index contributed by atoms with van der Waals surface area (Å²) >= 11 is 2.35. The van der Waals surface area contributed by atoms with E-state index in [1.165, 1.54) is 27.7 Å². The van der Waals surface area contributed by atoms with Gasteiger partial charge >= 0.3 is 0 Å². The molecule has 0 aliphatic rings. The molecule has 14 heavy (non-hydrogen) atoms. The molecule has 1 aromatic carbocycles. The number of aryl methyl sites for hydroxylation is 1. The van der Waals surface area contributed by atoms with Gasteiger partial charge in [0.1, 0.15) is 0 Å². The van der Waals surface area contributed by atoms with Gasteiger partial charge in [-0.25, -0.2) is 0 Å². The number of nitrogens with one attached hydrogen (secondary N) is 1. The highest BCUT2D eigenvalue weighted by atomic mass is 127. The van der Waals surface area contributed by atoms with E-state index in [1.54, 1.807) is 0 Å². The molecule has 1 nitrogen and oxygen atoms in total. The second-order valence-electron chi connectivity index (χ2n) is 3.62. The second-order valence-corrected chi connectivity index (χ2v) is 4.86. The van der Waals surface area contributed by atoms with E-state index in [2.05, 4.69) is 66.9 Å². The molecule has 0 aliphatic heterocycles. The zero-order valence-corrected chi connectivity index (χ0v) is 11.3. The van der Waals surface area contributed by atoms with E-state index in [4.69, 9.17) is 0 Å². The monoisotopic (exact) mass is 303 g/mol. The van der Waals surface area contributed by atoms with Crippen LogP contribution in [0.25, 0.3) is 0 Å². The summed E-state index contributed by atoms with van der Waals surface area (Å²) in [5, 5.41) is 3.58. The maximum Gasteiger partial charge on any atom is 0.0382 e. The first-order valence-corrected chi connectivity index (χ1v) is 6.28. The van der Waals surface area contributed by atoms with Crippen LogP contribution in [0.1, 0.15) is 32.3 Å². The van der Waals surface area contributed by atoms with Crippen LogP contribution < -0.4 is 5.32 Å². The smallest absolute Gasteiger partial charge is 0.0382 e. The topological polar surface area (TPSA) is 12.0 Å². The Balaban J connectivity index is 2.79. The summed E-state index contributed by atoms with van der Waals surface area (Å²) in [7, 11) is 0. The third-order valence-electron chi connectivity index (χ3n) is 2.54. The van der Waals surface area contributed by atoms with Crippen molar-refractivity contribution in [1.82, 2.24) is 0 Å². The van der Waals surface area contributed by atoms with Gasteiger partial charge in [-0.3, -0.25) is 0 Å². The van der Waals surface area contributed by atoms with Crippen molar-refractivity contribution in [2.75, 3.05) is 5.32 Å². The predicted molar refractivity (Wildman–Crippen MR) is 71.9 cm³/mol. The predicted octanol–water partition coefficient (Wildman–Crippen LogP) is 4.20. The summed E-state index contributed by atoms with van der Waals surface area (Å²) < 4.78 is 1.29. The van der Waals surface area contributed by atoms with Crippen molar-refractivity contribution in [2.45, 2.75) is 39.7 Å². The third kappa shape index (κ3) is 3.15. The van der Waals surface area contributed by atoms with Crippen LogP contribution in [0.2, 0.25) is 0 Å². The first kappa shape index (κ1) is 11.8. The third-order valence-corrected chi connectivity index (χ3v) is 3.22. The van der Waals surface area contributed by atoms with Gasteiger partial charge in [-0.2, -0.15) is 0 Å². The molecule has 0 bridgehead atoms. The summed E-state index contributed by atoms with van der Waals surface area (Å²) in [5.41, 5.74) is 2.61. The lowest BCUT2D eigenvalue weighted by Gasteiger charge is -2.18. The number of rotatable bonds is 4. The molecule has 1 rings (SSSR count). The molecule has 2 heteroatoms. The average molecular weight is 303 g/mol. The summed E-state index contributed by atoms with van der Waals surface area (Å²) in [5.74, 6) is 0. The van der Waals surface area contributed by atoms with Gasteiger partial charge in [-0.15, -0.1) is 0 Å². The SMILES string of the molecule is CCC(CC)Nc1cc(I)ccc1C. The van der Waals surface area contributed by atoms with E-state index in [0.29, 0.717) is 6.04 Å². The van der Waals surface area contributed by atoms with E-state index in [9.17, 15) is 0 Å². The molecular weight excluding hydrogens is 285 g/mol. The fraction of sp³-hybridized carbons (Fsp3) is 0.500. The molecule has 78 valence electrons. The minimum Gasteiger partial charge on any atom is -0.382 e. The summed E-state index contributed by atoms with van der Waals surface area (Å²) in [6, 6.07) is 7.14. The number of halogens is 1. The van der Waals surface area contributed by atoms with Gasteiger partial charge in [0.05, 0.1) is 0 Å². The van der Waals surface area contributed by atoms with Gasteiger partial charge in [0.2, 0.25) is 0 Å². The minimum atomic E-state index is 0.604. The Morgan fingerprint density at radius 2 is 1.93 bits per heavy atom. The van der Waals surface area contributed by atoms with E-state index in [0.717, 1.165) is 0 Å². The Labute approximate surface area is 100 Å². The minimum absolute atomic E-state index is 0.604. The molecule has 0 spiro atoms. The van der Waals surface area contributed by atoms with Crippen molar-refractivity contribution in [1.29, 1.82) is 0 Å². The molecule has 1 aromatic rings. The normalized spacial score (nSPS) is 10.6. The number of hydrogen-bond acceptors (Lipinski definition) is 1. The number of benzene rings is 1. The Bertz CT molecular complexity index is 292. The van der Waals surface area contributed by atoms with Crippen LogP contribution in [-0.4, -0.2) is 6.04 Å². The van der Waals surface area contributed by atoms with Crippen molar-refractivity contribution < 1.29 is 0 Å². The average Bonchev–Trinajstić information content (AvgIpc) is 2.19. The Morgan fingerprint density at radius 3 is 2.50 bits per heavy atom. The van der Waals surface area contributed by atoms with Crippen molar-refractivity contribution >= 4 is 28.3 Å². The molecular formula is C12H18IN. The van der Waals surface area contributed by atoms with Gasteiger partial charge in [-0.05, 0) is 60.1 Å². The van der Waals surface area contributed by atoms with Gasteiger partial charge in [0, 0.05) is 15.3 Å². The van der Waals surface area contributed by atoms with Crippen molar-refractivity contribution in [3.63, 3.8) is 0 Å². The van der Waals surface area contributed by atoms with Crippen LogP contribution in [0.15, 0.2) is 18.2 Å². The molecule has 0 unspecified atom stereocenters. The molecule has 0 aromatic heterocycles. The van der Waals surface area contributed by atoms with Crippen LogP contribution in [0.3, 0.4) is 0 Å². The van der Waals surface area contributed by atoms with Crippen LogP contribution in [0.5, 0.6) is 0 Å². The molecule has 0 atom stereocenters. The molecule has 0 fully saturated rings. The van der Waals surface area contributed by atoms with E-state index >= 15 is 0 Å². The largest absolute Gasteiger partial charge is 0.382 e. The maximum atomic E-state index is 3.58. The molecule has 0 radical (unpaired) electrons. The van der Waals surface area contributed by atoms with Crippen molar-refractivity contribution in [3.8, 4) is 0 Å². The lowest BCUT2D eigenvalue weighted by atomic mass is 10.1. The highest BCUT2D eigenvalue weighted by Gasteiger charge is 2.05. The lowest BCUT2D eigenvalue weighted by Crippen LogP contribution is -2.17. The highest BCUT2D eigenvalue weighted by Crippen LogP contribution is 2.20. The van der Waals surface area contributed by atoms with Gasteiger partial charge in [-0.1, -0.05) is 19.9 Å². The van der Waals surface area contributed by atoms with E-state index in [1.807, 2.05) is 0 Å². The molecule has 0 amide bonds. The zero-order valence-electron chi connectivity index (χ0n) is 9.10. The standard InChI is InChI=1S/C12H18IN/c1-4-11(5-2)14-12-8-10(13)7-6-9(12)3/h6-8,11,14H,4-5H2,1-3H3. The summed E-state index contributed by atoms with van der Waals surface area (Å²) in [4.78, 5) is 0. The van der Waals surface area contributed by atoms with Crippen LogP contribution in [0.4, 0.5) is 5.69 Å². The summed E-state index contributed by atoms with van der Waals surface area (Å²) in [6.07, 6.45) is 2.36. The molecule has 1 N–H and O–H groups in total. The molecule has 0 aliphatic carbocycles. The fourth-order valence-corrected chi connectivity index (χ4v) is 1.95. The zero-order chi connectivity index (χ0) is 10.6. The van der Waals surface area contributed by atoms with E-state index < -0.39 is 0 Å². The van der Waals surface area contributed by atoms with Crippen molar-refractivity contribution in [2.24, 2.45) is 0 Å². The molecule has 0 heterocycles. The van der Waals surface area contributed by atoms with Crippen molar-refractivity contribution in [3.05, 3.63) is 27.3 Å². The molecule has 0 saturated heterocycles. The van der Waals surface area contributed by atoms with Gasteiger partial charge < -0.3 is 5.32 Å². The van der Waals surface area contributed by atoms with Crippen LogP contribution in [-0.2, 0) is 0 Å². The summed E-state index contributed by atoms with van der Waals surface area (Å²) in [6.45, 7) is 6.61. The van der Waals surface area contributed by atoms with E-state index in [-0.39, 0.29) is 0 Å². The quantitative estimate of drug-likeness (QED) is 0.822. The Kier molecular flexibility index (Phi) is 4.72. The highest BCUT2D eigenvalue weighted by molar-refractivity contribution is 14.1. The maximum absolute atomic E-state index is 3.58. The van der Waals surface area contributed by atoms with Crippen LogP contribution >= 0.6 is 22.6 Å². The number of hydrogen-bond donors (Lipinski definition) is 1. The fourth-order valence-electron chi connectivity index (χ4n) is 1.46. The number of anilines is 1. The first-order valence-electron chi connectivity index (χ1n) is 5.20. The van der Waals surface area contributed by atoms with Gasteiger partial charge in [0.25, 0.3) is 0 Å². The second kappa shape index (κ2) is 5.59. The Morgan fingerprint density at radius 1 is 1.29 bits per heavy atom. The first-order chi connectivity index (χ1) is 6.67. The van der Waals surface area contributed by atoms with Crippen LogP contribution in [0, 0.1) is 10.5 Å². The Hall–Kier alpha value is -0.250. The molecule has 0 saturated carbocycles. The van der Waals surface area contributed by atoms with Gasteiger partial charge in [0.15, 0.2) is 0 Å². The lowest BCUT2D eigenvalue weighted by molar-refractivity contribution is 0.671.